The molecule has 2 bridgehead atoms. The molecule has 1 atom stereocenters. The lowest BCUT2D eigenvalue weighted by molar-refractivity contribution is -0.0927. The van der Waals surface area contributed by atoms with Gasteiger partial charge in [0.15, 0.2) is 0 Å². The van der Waals surface area contributed by atoms with Gasteiger partial charge in [0, 0.05) is 6.54 Å². The molecule has 3 aliphatic heterocycles. The molecule has 23 heavy (non-hydrogen) atoms. The van der Waals surface area contributed by atoms with Crippen molar-refractivity contribution in [3.05, 3.63) is 71.8 Å². The largest absolute Gasteiger partial charge is 0.364 e. The Balaban J connectivity index is 0.00000156. The topological polar surface area (TPSA) is 12.5 Å². The van der Waals surface area contributed by atoms with Crippen LogP contribution in [-0.4, -0.2) is 30.6 Å². The molecule has 0 amide bonds. The zero-order chi connectivity index (χ0) is 14.8. The van der Waals surface area contributed by atoms with Crippen LogP contribution in [0.1, 0.15) is 30.1 Å². The highest BCUT2D eigenvalue weighted by Crippen LogP contribution is 2.35. The average Bonchev–Trinajstić information content (AvgIpc) is 2.62. The number of benzene rings is 2. The predicted octanol–water partition coefficient (Wildman–Crippen LogP) is 4.31. The summed E-state index contributed by atoms with van der Waals surface area (Å²) in [4.78, 5) is 2.55. The molecule has 3 aliphatic rings. The average molecular weight is 330 g/mol. The van der Waals surface area contributed by atoms with E-state index < -0.39 is 0 Å². The molecule has 2 nitrogen and oxygen atoms in total. The zero-order valence-electron chi connectivity index (χ0n) is 13.3. The molecule has 0 spiro atoms. The number of ether oxygens (including phenoxy) is 1. The monoisotopic (exact) mass is 329 g/mol. The fraction of sp³-hybridized carbons (Fsp3) is 0.400. The van der Waals surface area contributed by atoms with Gasteiger partial charge in [0.2, 0.25) is 0 Å². The summed E-state index contributed by atoms with van der Waals surface area (Å²) >= 11 is 0. The van der Waals surface area contributed by atoms with Crippen molar-refractivity contribution in [1.82, 2.24) is 4.90 Å². The SMILES string of the molecule is Cl.c1ccc(C(O[C@H]2CN3CCC2CC3)c2ccccc2)cc1. The number of nitrogens with zero attached hydrogens (tertiary/aromatic N) is 1. The lowest BCUT2D eigenvalue weighted by Gasteiger charge is -2.45. The van der Waals surface area contributed by atoms with E-state index in [0.717, 1.165) is 12.5 Å². The Hall–Kier alpha value is -1.35. The predicted molar refractivity (Wildman–Crippen MR) is 96.0 cm³/mol. The van der Waals surface area contributed by atoms with Crippen LogP contribution < -0.4 is 0 Å². The highest BCUT2D eigenvalue weighted by atomic mass is 35.5. The third kappa shape index (κ3) is 3.60. The molecule has 0 unspecified atom stereocenters. The maximum Gasteiger partial charge on any atom is 0.108 e. The lowest BCUT2D eigenvalue weighted by atomic mass is 9.85. The second-order valence-corrected chi connectivity index (χ2v) is 6.51. The van der Waals surface area contributed by atoms with Gasteiger partial charge >= 0.3 is 0 Å². The van der Waals surface area contributed by atoms with Crippen LogP contribution in [0.4, 0.5) is 0 Å². The summed E-state index contributed by atoms with van der Waals surface area (Å²) in [5.74, 6) is 0.736. The minimum Gasteiger partial charge on any atom is -0.364 e. The smallest absolute Gasteiger partial charge is 0.108 e. The van der Waals surface area contributed by atoms with Crippen LogP contribution in [-0.2, 0) is 4.74 Å². The van der Waals surface area contributed by atoms with Crippen LogP contribution in [0, 0.1) is 5.92 Å². The molecular weight excluding hydrogens is 306 g/mol. The van der Waals surface area contributed by atoms with Crippen LogP contribution in [0.25, 0.3) is 0 Å². The van der Waals surface area contributed by atoms with Crippen LogP contribution in [0.15, 0.2) is 60.7 Å². The van der Waals surface area contributed by atoms with Crippen molar-refractivity contribution in [2.75, 3.05) is 19.6 Å². The Morgan fingerprint density at radius 3 is 1.78 bits per heavy atom. The first kappa shape index (κ1) is 16.5. The Morgan fingerprint density at radius 1 is 0.826 bits per heavy atom. The van der Waals surface area contributed by atoms with Crippen molar-refractivity contribution in [2.45, 2.75) is 25.0 Å². The van der Waals surface area contributed by atoms with Gasteiger partial charge in [-0.3, -0.25) is 0 Å². The molecule has 0 saturated carbocycles. The third-order valence-corrected chi connectivity index (χ3v) is 5.11. The van der Waals surface area contributed by atoms with E-state index >= 15 is 0 Å². The zero-order valence-corrected chi connectivity index (χ0v) is 14.1. The minimum absolute atomic E-state index is 0. The van der Waals surface area contributed by atoms with Crippen molar-refractivity contribution in [3.8, 4) is 0 Å². The third-order valence-electron chi connectivity index (χ3n) is 5.11. The molecule has 122 valence electrons. The molecule has 5 rings (SSSR count). The van der Waals surface area contributed by atoms with E-state index in [-0.39, 0.29) is 18.5 Å². The summed E-state index contributed by atoms with van der Waals surface area (Å²) in [6.07, 6.45) is 3.00. The number of hydrogen-bond donors (Lipinski definition) is 0. The molecule has 2 aromatic rings. The van der Waals surface area contributed by atoms with Crippen molar-refractivity contribution in [2.24, 2.45) is 5.92 Å². The summed E-state index contributed by atoms with van der Waals surface area (Å²) in [6, 6.07) is 21.3. The summed E-state index contributed by atoms with van der Waals surface area (Å²) in [5.41, 5.74) is 2.51. The molecule has 0 radical (unpaired) electrons. The number of piperidine rings is 3. The van der Waals surface area contributed by atoms with E-state index in [4.69, 9.17) is 4.74 Å². The summed E-state index contributed by atoms with van der Waals surface area (Å²) in [5, 5.41) is 0. The van der Waals surface area contributed by atoms with Crippen LogP contribution >= 0.6 is 12.4 Å². The second-order valence-electron chi connectivity index (χ2n) is 6.51. The molecule has 2 aromatic carbocycles. The first-order chi connectivity index (χ1) is 10.9. The van der Waals surface area contributed by atoms with E-state index in [1.165, 1.54) is 37.1 Å². The van der Waals surface area contributed by atoms with E-state index in [1.807, 2.05) is 0 Å². The van der Waals surface area contributed by atoms with Gasteiger partial charge in [-0.2, -0.15) is 0 Å². The first-order valence-corrected chi connectivity index (χ1v) is 8.38. The van der Waals surface area contributed by atoms with Crippen molar-refractivity contribution >= 4 is 12.4 Å². The Labute approximate surface area is 144 Å². The van der Waals surface area contributed by atoms with Gasteiger partial charge in [-0.05, 0) is 43.0 Å². The quantitative estimate of drug-likeness (QED) is 0.828. The van der Waals surface area contributed by atoms with Gasteiger partial charge in [0.05, 0.1) is 6.10 Å². The molecule has 3 heteroatoms. The van der Waals surface area contributed by atoms with Gasteiger partial charge in [-0.1, -0.05) is 60.7 Å². The molecule has 0 aromatic heterocycles. The van der Waals surface area contributed by atoms with E-state index in [9.17, 15) is 0 Å². The van der Waals surface area contributed by atoms with Crippen LogP contribution in [0.2, 0.25) is 0 Å². The summed E-state index contributed by atoms with van der Waals surface area (Å²) < 4.78 is 6.66. The van der Waals surface area contributed by atoms with E-state index in [2.05, 4.69) is 65.6 Å². The summed E-state index contributed by atoms with van der Waals surface area (Å²) in [7, 11) is 0. The van der Waals surface area contributed by atoms with Crippen molar-refractivity contribution in [1.29, 1.82) is 0 Å². The van der Waals surface area contributed by atoms with Gasteiger partial charge in [0.1, 0.15) is 6.10 Å². The number of fused-ring (bicyclic) bond motifs is 3. The number of hydrogen-bond acceptors (Lipinski definition) is 2. The molecule has 3 heterocycles. The maximum absolute atomic E-state index is 6.66. The summed E-state index contributed by atoms with van der Waals surface area (Å²) in [6.45, 7) is 3.61. The van der Waals surface area contributed by atoms with Gasteiger partial charge in [0.25, 0.3) is 0 Å². The first-order valence-electron chi connectivity index (χ1n) is 8.38. The van der Waals surface area contributed by atoms with Gasteiger partial charge in [-0.15, -0.1) is 12.4 Å². The number of halogens is 1. The van der Waals surface area contributed by atoms with Crippen molar-refractivity contribution in [3.63, 3.8) is 0 Å². The Kier molecular flexibility index (Phi) is 5.37. The highest BCUT2D eigenvalue weighted by Gasteiger charge is 2.36. The normalized spacial score (nSPS) is 26.0. The molecule has 3 saturated heterocycles. The standard InChI is InChI=1S/C20H23NO.ClH/c1-3-7-17(8-4-1)20(18-9-5-2-6-10-18)22-19-15-21-13-11-16(19)12-14-21;/h1-10,16,19-20H,11-15H2;1H/t19-;/m0./s1. The van der Waals surface area contributed by atoms with E-state index in [0.29, 0.717) is 6.10 Å². The number of rotatable bonds is 4. The van der Waals surface area contributed by atoms with Crippen LogP contribution in [0.3, 0.4) is 0 Å². The molecule has 3 fully saturated rings. The maximum atomic E-state index is 6.66. The molecule has 0 aliphatic carbocycles. The van der Waals surface area contributed by atoms with Crippen molar-refractivity contribution < 1.29 is 4.74 Å². The molecule has 0 N–H and O–H groups in total. The Morgan fingerprint density at radius 2 is 1.35 bits per heavy atom. The van der Waals surface area contributed by atoms with E-state index in [1.54, 1.807) is 0 Å². The second kappa shape index (κ2) is 7.48. The fourth-order valence-electron chi connectivity index (χ4n) is 3.85. The minimum atomic E-state index is 0. The van der Waals surface area contributed by atoms with Gasteiger partial charge in [-0.25, -0.2) is 0 Å². The van der Waals surface area contributed by atoms with Gasteiger partial charge < -0.3 is 9.64 Å². The Bertz CT molecular complexity index is 556. The highest BCUT2D eigenvalue weighted by molar-refractivity contribution is 5.85. The molecular formula is C20H24ClNO. The fourth-order valence-corrected chi connectivity index (χ4v) is 3.85. The van der Waals surface area contributed by atoms with Crippen LogP contribution in [0.5, 0.6) is 0 Å². The lowest BCUT2D eigenvalue weighted by Crippen LogP contribution is -2.51.